The van der Waals surface area contributed by atoms with Crippen LogP contribution in [0.4, 0.5) is 5.69 Å². The van der Waals surface area contributed by atoms with Crippen LogP contribution in [0.2, 0.25) is 0 Å². The van der Waals surface area contributed by atoms with E-state index >= 15 is 0 Å². The topological polar surface area (TPSA) is 55.1 Å². The van der Waals surface area contributed by atoms with Gasteiger partial charge in [0, 0.05) is 22.5 Å². The molecule has 2 fully saturated rings. The normalized spacial score (nSPS) is 31.7. The maximum Gasteiger partial charge on any atom is 0.227 e. The Morgan fingerprint density at radius 3 is 2.67 bits per heavy atom. The number of rotatable bonds is 3. The van der Waals surface area contributed by atoms with Gasteiger partial charge in [0.1, 0.15) is 0 Å². The summed E-state index contributed by atoms with van der Waals surface area (Å²) in [5.41, 5.74) is 7.21. The van der Waals surface area contributed by atoms with Gasteiger partial charge in [-0.05, 0) is 62.0 Å². The number of nitrogens with one attached hydrogen (secondary N) is 1. The molecule has 0 saturated heterocycles. The molecule has 2 aliphatic rings. The molecule has 21 heavy (non-hydrogen) atoms. The van der Waals surface area contributed by atoms with Crippen LogP contribution in [-0.2, 0) is 4.79 Å². The molecule has 2 bridgehead atoms. The van der Waals surface area contributed by atoms with Crippen LogP contribution in [0, 0.1) is 17.8 Å². The Bertz CT molecular complexity index is 505. The molecule has 0 heterocycles. The summed E-state index contributed by atoms with van der Waals surface area (Å²) in [7, 11) is 0. The largest absolute Gasteiger partial charge is 0.327 e. The van der Waals surface area contributed by atoms with Crippen molar-refractivity contribution in [2.75, 3.05) is 11.6 Å². The molecule has 2 saturated carbocycles. The predicted octanol–water partition coefficient (Wildman–Crippen LogP) is 3.50. The number of benzene rings is 1. The highest BCUT2D eigenvalue weighted by atomic mass is 32.2. The third-order valence-corrected chi connectivity index (χ3v) is 5.85. The second-order valence-corrected chi connectivity index (χ2v) is 7.30. The fourth-order valence-corrected chi connectivity index (χ4v) is 4.41. The summed E-state index contributed by atoms with van der Waals surface area (Å²) in [4.78, 5) is 13.7. The molecule has 1 aromatic carbocycles. The molecule has 3 N–H and O–H groups in total. The van der Waals surface area contributed by atoms with Crippen molar-refractivity contribution in [3.05, 3.63) is 24.3 Å². The smallest absolute Gasteiger partial charge is 0.227 e. The zero-order chi connectivity index (χ0) is 14.8. The number of hydrogen-bond acceptors (Lipinski definition) is 3. The average molecular weight is 304 g/mol. The van der Waals surface area contributed by atoms with E-state index in [1.54, 1.807) is 11.8 Å². The highest BCUT2D eigenvalue weighted by molar-refractivity contribution is 7.98. The van der Waals surface area contributed by atoms with Crippen molar-refractivity contribution in [1.82, 2.24) is 0 Å². The Morgan fingerprint density at radius 1 is 1.29 bits per heavy atom. The summed E-state index contributed by atoms with van der Waals surface area (Å²) in [6.45, 7) is 0. The lowest BCUT2D eigenvalue weighted by Crippen LogP contribution is -2.48. The van der Waals surface area contributed by atoms with Crippen molar-refractivity contribution < 1.29 is 4.79 Å². The molecule has 0 aliphatic heterocycles. The standard InChI is InChI=1S/C17H24N2OS/c1-21-15-7-3-6-14(10-15)19-17(20)13-8-11-4-2-5-12(9-13)16(11)18/h3,6-7,10-13,16H,2,4-5,8-9,18H2,1H3,(H,19,20). The minimum Gasteiger partial charge on any atom is -0.327 e. The molecule has 2 aliphatic carbocycles. The molecule has 1 aromatic rings. The maximum absolute atomic E-state index is 12.5. The van der Waals surface area contributed by atoms with E-state index < -0.39 is 0 Å². The quantitative estimate of drug-likeness (QED) is 0.840. The van der Waals surface area contributed by atoms with Crippen LogP contribution in [0.3, 0.4) is 0 Å². The average Bonchev–Trinajstić information content (AvgIpc) is 2.47. The molecule has 2 unspecified atom stereocenters. The Balaban J connectivity index is 1.65. The number of carbonyl (C=O) groups is 1. The third kappa shape index (κ3) is 3.27. The van der Waals surface area contributed by atoms with Gasteiger partial charge in [0.05, 0.1) is 0 Å². The summed E-state index contributed by atoms with van der Waals surface area (Å²) in [5.74, 6) is 1.41. The fraction of sp³-hybridized carbons (Fsp3) is 0.588. The van der Waals surface area contributed by atoms with Gasteiger partial charge in [0.15, 0.2) is 0 Å². The molecule has 0 spiro atoms. The van der Waals surface area contributed by atoms with Crippen molar-refractivity contribution in [3.8, 4) is 0 Å². The molecule has 0 aromatic heterocycles. The number of hydrogen-bond donors (Lipinski definition) is 2. The zero-order valence-electron chi connectivity index (χ0n) is 12.5. The van der Waals surface area contributed by atoms with E-state index in [0.29, 0.717) is 17.9 Å². The van der Waals surface area contributed by atoms with Crippen LogP contribution < -0.4 is 11.1 Å². The van der Waals surface area contributed by atoms with E-state index in [0.717, 1.165) is 18.5 Å². The van der Waals surface area contributed by atoms with E-state index in [4.69, 9.17) is 5.73 Å². The molecule has 4 heteroatoms. The first-order chi connectivity index (χ1) is 10.2. The lowest BCUT2D eigenvalue weighted by Gasteiger charge is -2.43. The van der Waals surface area contributed by atoms with Gasteiger partial charge in [-0.3, -0.25) is 4.79 Å². The first-order valence-corrected chi connectivity index (χ1v) is 9.10. The number of anilines is 1. The Labute approximate surface area is 131 Å². The first kappa shape index (κ1) is 14.9. The number of amides is 1. The monoisotopic (exact) mass is 304 g/mol. The first-order valence-electron chi connectivity index (χ1n) is 7.88. The minimum atomic E-state index is 0.137. The lowest BCUT2D eigenvalue weighted by atomic mass is 9.65. The van der Waals surface area contributed by atoms with Gasteiger partial charge in [-0.25, -0.2) is 0 Å². The minimum absolute atomic E-state index is 0.137. The summed E-state index contributed by atoms with van der Waals surface area (Å²) in [6, 6.07) is 8.38. The number of carbonyl (C=O) groups excluding carboxylic acids is 1. The van der Waals surface area contributed by atoms with Gasteiger partial charge in [-0.1, -0.05) is 12.5 Å². The molecular weight excluding hydrogens is 280 g/mol. The molecule has 3 rings (SSSR count). The summed E-state index contributed by atoms with van der Waals surface area (Å²) >= 11 is 1.69. The van der Waals surface area contributed by atoms with E-state index in [-0.39, 0.29) is 11.8 Å². The van der Waals surface area contributed by atoms with E-state index in [1.165, 1.54) is 24.2 Å². The predicted molar refractivity (Wildman–Crippen MR) is 88.4 cm³/mol. The highest BCUT2D eigenvalue weighted by Gasteiger charge is 2.40. The molecular formula is C17H24N2OS. The van der Waals surface area contributed by atoms with Crippen molar-refractivity contribution >= 4 is 23.4 Å². The highest BCUT2D eigenvalue weighted by Crippen LogP contribution is 2.42. The zero-order valence-corrected chi connectivity index (χ0v) is 13.4. The molecule has 0 radical (unpaired) electrons. The van der Waals surface area contributed by atoms with Gasteiger partial charge < -0.3 is 11.1 Å². The second-order valence-electron chi connectivity index (χ2n) is 6.42. The van der Waals surface area contributed by atoms with Crippen LogP contribution in [0.5, 0.6) is 0 Å². The summed E-state index contributed by atoms with van der Waals surface area (Å²) < 4.78 is 0. The Hall–Kier alpha value is -1.00. The summed E-state index contributed by atoms with van der Waals surface area (Å²) in [5, 5.41) is 3.10. The fourth-order valence-electron chi connectivity index (χ4n) is 3.95. The molecule has 3 nitrogen and oxygen atoms in total. The molecule has 114 valence electrons. The van der Waals surface area contributed by atoms with Crippen LogP contribution in [-0.4, -0.2) is 18.2 Å². The lowest BCUT2D eigenvalue weighted by molar-refractivity contribution is -0.122. The van der Waals surface area contributed by atoms with Crippen LogP contribution in [0.1, 0.15) is 32.1 Å². The molecule has 1 amide bonds. The maximum atomic E-state index is 12.5. The van der Waals surface area contributed by atoms with Gasteiger partial charge >= 0.3 is 0 Å². The van der Waals surface area contributed by atoms with E-state index in [1.807, 2.05) is 24.5 Å². The second kappa shape index (κ2) is 6.41. The van der Waals surface area contributed by atoms with Gasteiger partial charge in [-0.2, -0.15) is 0 Å². The Kier molecular flexibility index (Phi) is 4.55. The van der Waals surface area contributed by atoms with Gasteiger partial charge in [-0.15, -0.1) is 11.8 Å². The van der Waals surface area contributed by atoms with Crippen molar-refractivity contribution in [3.63, 3.8) is 0 Å². The van der Waals surface area contributed by atoms with Crippen LogP contribution >= 0.6 is 11.8 Å². The number of fused-ring (bicyclic) bond motifs is 2. The van der Waals surface area contributed by atoms with Crippen LogP contribution in [0.15, 0.2) is 29.2 Å². The third-order valence-electron chi connectivity index (χ3n) is 5.12. The number of nitrogens with two attached hydrogens (primary N) is 1. The van der Waals surface area contributed by atoms with Crippen LogP contribution in [0.25, 0.3) is 0 Å². The SMILES string of the molecule is CSc1cccc(NC(=O)C2CC3CCCC(C2)C3N)c1. The van der Waals surface area contributed by atoms with Crippen molar-refractivity contribution in [1.29, 1.82) is 0 Å². The van der Waals surface area contributed by atoms with Crippen molar-refractivity contribution in [2.45, 2.75) is 43.0 Å². The van der Waals surface area contributed by atoms with E-state index in [9.17, 15) is 4.79 Å². The van der Waals surface area contributed by atoms with Gasteiger partial charge in [0.25, 0.3) is 0 Å². The van der Waals surface area contributed by atoms with Gasteiger partial charge in [0.2, 0.25) is 5.91 Å². The van der Waals surface area contributed by atoms with Crippen molar-refractivity contribution in [2.24, 2.45) is 23.5 Å². The molecule has 2 atom stereocenters. The van der Waals surface area contributed by atoms with E-state index in [2.05, 4.69) is 11.4 Å². The summed E-state index contributed by atoms with van der Waals surface area (Å²) in [6.07, 6.45) is 7.65. The number of thioether (sulfide) groups is 1. The Morgan fingerprint density at radius 2 is 2.00 bits per heavy atom.